The summed E-state index contributed by atoms with van der Waals surface area (Å²) in [4.78, 5) is 3.97. The Kier molecular flexibility index (Phi) is 4.83. The van der Waals surface area contributed by atoms with Crippen molar-refractivity contribution in [3.8, 4) is 0 Å². The highest BCUT2D eigenvalue weighted by Crippen LogP contribution is 2.28. The van der Waals surface area contributed by atoms with Gasteiger partial charge in [-0.3, -0.25) is 0 Å². The van der Waals surface area contributed by atoms with Crippen LogP contribution in [0.2, 0.25) is 0 Å². The second-order valence-corrected chi connectivity index (χ2v) is 7.50. The number of rotatable bonds is 5. The average Bonchev–Trinajstić information content (AvgIpc) is 2.85. The van der Waals surface area contributed by atoms with E-state index < -0.39 is 10.0 Å². The van der Waals surface area contributed by atoms with Crippen LogP contribution in [0.15, 0.2) is 23.4 Å². The third kappa shape index (κ3) is 3.68. The zero-order chi connectivity index (χ0) is 13.9. The molecule has 7 heteroatoms. The van der Waals surface area contributed by atoms with Gasteiger partial charge in [-0.25, -0.2) is 18.1 Å². The molecule has 1 heterocycles. The second kappa shape index (κ2) is 6.21. The summed E-state index contributed by atoms with van der Waals surface area (Å²) in [5, 5.41) is 0.623. The van der Waals surface area contributed by atoms with Crippen molar-refractivity contribution in [3.05, 3.63) is 23.9 Å². The molecule has 2 rings (SSSR count). The molecule has 1 fully saturated rings. The van der Waals surface area contributed by atoms with E-state index in [4.69, 9.17) is 5.73 Å². The molecule has 2 unspecified atom stereocenters. The molecule has 1 aliphatic rings. The number of nitrogens with zero attached hydrogens (tertiary/aromatic N) is 1. The molecule has 1 aromatic rings. The van der Waals surface area contributed by atoms with Crippen molar-refractivity contribution >= 4 is 21.8 Å². The van der Waals surface area contributed by atoms with Crippen molar-refractivity contribution in [1.29, 1.82) is 0 Å². The summed E-state index contributed by atoms with van der Waals surface area (Å²) >= 11 is 1.80. The molecule has 0 aromatic carbocycles. The lowest BCUT2D eigenvalue weighted by atomic mass is 10.3. The van der Waals surface area contributed by atoms with Crippen LogP contribution >= 0.6 is 11.8 Å². The van der Waals surface area contributed by atoms with Crippen LogP contribution in [0.3, 0.4) is 0 Å². The minimum Gasteiger partial charge on any atom is -0.326 e. The molecular weight excluding hydrogens is 282 g/mol. The Bertz CT molecular complexity index is 516. The van der Waals surface area contributed by atoms with Crippen molar-refractivity contribution in [2.75, 3.05) is 6.26 Å². The van der Waals surface area contributed by atoms with Crippen molar-refractivity contribution in [1.82, 2.24) is 9.71 Å². The number of aromatic nitrogens is 1. The van der Waals surface area contributed by atoms with E-state index in [0.717, 1.165) is 24.8 Å². The molecule has 0 saturated heterocycles. The molecule has 0 radical (unpaired) electrons. The summed E-state index contributed by atoms with van der Waals surface area (Å²) in [6.45, 7) is 0.360. The molecule has 19 heavy (non-hydrogen) atoms. The van der Waals surface area contributed by atoms with Crippen LogP contribution in [-0.2, 0) is 16.6 Å². The van der Waals surface area contributed by atoms with Gasteiger partial charge in [0.2, 0.25) is 0 Å². The first-order valence-corrected chi connectivity index (χ1v) is 9.02. The Morgan fingerprint density at radius 2 is 2.26 bits per heavy atom. The first kappa shape index (κ1) is 14.8. The van der Waals surface area contributed by atoms with Gasteiger partial charge >= 0.3 is 0 Å². The van der Waals surface area contributed by atoms with E-state index in [1.54, 1.807) is 17.8 Å². The molecule has 1 aliphatic carbocycles. The average molecular weight is 301 g/mol. The summed E-state index contributed by atoms with van der Waals surface area (Å²) in [6.07, 6.45) is 6.42. The number of nitrogens with one attached hydrogen (secondary N) is 1. The van der Waals surface area contributed by atoms with Crippen molar-refractivity contribution in [2.24, 2.45) is 5.73 Å². The molecule has 3 N–H and O–H groups in total. The summed E-state index contributed by atoms with van der Waals surface area (Å²) < 4.78 is 27.1. The summed E-state index contributed by atoms with van der Waals surface area (Å²) in [5.41, 5.74) is 6.29. The lowest BCUT2D eigenvalue weighted by molar-refractivity contribution is 0.549. The van der Waals surface area contributed by atoms with Crippen LogP contribution in [-0.4, -0.2) is 30.9 Å². The van der Waals surface area contributed by atoms with Crippen LogP contribution in [0.4, 0.5) is 0 Å². The van der Waals surface area contributed by atoms with E-state index in [1.165, 1.54) is 12.3 Å². The van der Waals surface area contributed by atoms with Gasteiger partial charge in [-0.05, 0) is 37.1 Å². The lowest BCUT2D eigenvalue weighted by Gasteiger charge is -2.12. The van der Waals surface area contributed by atoms with E-state index in [1.807, 2.05) is 0 Å². The maximum Gasteiger partial charge on any atom is 0.258 e. The largest absolute Gasteiger partial charge is 0.326 e. The Morgan fingerprint density at radius 1 is 1.47 bits per heavy atom. The van der Waals surface area contributed by atoms with Gasteiger partial charge in [0.05, 0.1) is 0 Å². The minimum atomic E-state index is -3.51. The fourth-order valence-corrected chi connectivity index (χ4v) is 4.24. The van der Waals surface area contributed by atoms with Crippen molar-refractivity contribution in [2.45, 2.75) is 42.1 Å². The van der Waals surface area contributed by atoms with E-state index in [9.17, 15) is 8.42 Å². The summed E-state index contributed by atoms with van der Waals surface area (Å²) in [6, 6.07) is 3.23. The molecule has 106 valence electrons. The minimum absolute atomic E-state index is 0.0263. The van der Waals surface area contributed by atoms with Crippen molar-refractivity contribution < 1.29 is 8.42 Å². The molecule has 1 saturated carbocycles. The first-order chi connectivity index (χ1) is 9.05. The summed E-state index contributed by atoms with van der Waals surface area (Å²) in [5.74, 6) is 0. The van der Waals surface area contributed by atoms with Crippen LogP contribution in [0.5, 0.6) is 0 Å². The van der Waals surface area contributed by atoms with Crippen LogP contribution in [0, 0.1) is 0 Å². The SMILES string of the molecule is CSC1CCC(NS(=O)(=O)c2ccc(CN)cn2)C1. The first-order valence-electron chi connectivity index (χ1n) is 6.25. The second-order valence-electron chi connectivity index (χ2n) is 4.70. The molecule has 0 amide bonds. The monoisotopic (exact) mass is 301 g/mol. The predicted octanol–water partition coefficient (Wildman–Crippen LogP) is 1.10. The van der Waals surface area contributed by atoms with Gasteiger partial charge in [0.1, 0.15) is 0 Å². The maximum atomic E-state index is 12.2. The third-order valence-corrected chi connectivity index (χ3v) is 5.88. The Morgan fingerprint density at radius 3 is 2.79 bits per heavy atom. The number of nitrogens with two attached hydrogens (primary N) is 1. The molecule has 0 aliphatic heterocycles. The standard InChI is InChI=1S/C12H19N3O2S2/c1-18-11-4-3-10(6-11)15-19(16,17)12-5-2-9(7-13)8-14-12/h2,5,8,10-11,15H,3-4,6-7,13H2,1H3. The highest BCUT2D eigenvalue weighted by atomic mass is 32.2. The predicted molar refractivity (Wildman–Crippen MR) is 77.4 cm³/mol. The highest BCUT2D eigenvalue weighted by molar-refractivity contribution is 7.99. The number of thioether (sulfide) groups is 1. The lowest BCUT2D eigenvalue weighted by Crippen LogP contribution is -2.33. The van der Waals surface area contributed by atoms with E-state index in [2.05, 4.69) is 16.0 Å². The third-order valence-electron chi connectivity index (χ3n) is 3.35. The Labute approximate surface area is 118 Å². The van der Waals surface area contributed by atoms with Crippen LogP contribution < -0.4 is 10.5 Å². The van der Waals surface area contributed by atoms with Gasteiger partial charge in [0.25, 0.3) is 10.0 Å². The van der Waals surface area contributed by atoms with E-state index >= 15 is 0 Å². The zero-order valence-electron chi connectivity index (χ0n) is 10.9. The van der Waals surface area contributed by atoms with Gasteiger partial charge in [0.15, 0.2) is 5.03 Å². The number of hydrogen-bond acceptors (Lipinski definition) is 5. The fraction of sp³-hybridized carbons (Fsp3) is 0.583. The van der Waals surface area contributed by atoms with E-state index in [-0.39, 0.29) is 11.1 Å². The van der Waals surface area contributed by atoms with Gasteiger partial charge < -0.3 is 5.73 Å². The van der Waals surface area contributed by atoms with E-state index in [0.29, 0.717) is 11.8 Å². The fourth-order valence-electron chi connectivity index (χ4n) is 2.23. The maximum absolute atomic E-state index is 12.2. The molecule has 1 aromatic heterocycles. The quantitative estimate of drug-likeness (QED) is 0.851. The van der Waals surface area contributed by atoms with Gasteiger partial charge in [-0.1, -0.05) is 6.07 Å². The van der Waals surface area contributed by atoms with Gasteiger partial charge in [-0.2, -0.15) is 11.8 Å². The Hall–Kier alpha value is -0.630. The highest BCUT2D eigenvalue weighted by Gasteiger charge is 2.28. The number of pyridine rings is 1. The van der Waals surface area contributed by atoms with Crippen molar-refractivity contribution in [3.63, 3.8) is 0 Å². The topological polar surface area (TPSA) is 85.1 Å². The molecule has 5 nitrogen and oxygen atoms in total. The molecular formula is C12H19N3O2S2. The number of sulfonamides is 1. The van der Waals surface area contributed by atoms with Gasteiger partial charge in [-0.15, -0.1) is 0 Å². The zero-order valence-corrected chi connectivity index (χ0v) is 12.5. The normalized spacial score (nSPS) is 23.7. The van der Waals surface area contributed by atoms with Crippen LogP contribution in [0.25, 0.3) is 0 Å². The molecule has 2 atom stereocenters. The van der Waals surface area contributed by atoms with Gasteiger partial charge in [0, 0.05) is 24.0 Å². The summed E-state index contributed by atoms with van der Waals surface area (Å²) in [7, 11) is -3.51. The van der Waals surface area contributed by atoms with Crippen LogP contribution in [0.1, 0.15) is 24.8 Å². The Balaban J connectivity index is 2.05. The molecule has 0 spiro atoms. The molecule has 0 bridgehead atoms. The number of hydrogen-bond donors (Lipinski definition) is 2. The smallest absolute Gasteiger partial charge is 0.258 e.